The van der Waals surface area contributed by atoms with Gasteiger partial charge < -0.3 is 14.6 Å². The number of nitrogens with zero attached hydrogens (tertiary/aromatic N) is 2. The van der Waals surface area contributed by atoms with Gasteiger partial charge in [-0.25, -0.2) is 4.98 Å². The Morgan fingerprint density at radius 1 is 1.23 bits per heavy atom. The average molecular weight is 413 g/mol. The van der Waals surface area contributed by atoms with E-state index in [1.807, 2.05) is 6.07 Å². The van der Waals surface area contributed by atoms with E-state index in [9.17, 15) is 0 Å². The highest BCUT2D eigenvalue weighted by atomic mass is 16.5. The third-order valence-corrected chi connectivity index (χ3v) is 7.09. The van der Waals surface area contributed by atoms with Crippen molar-refractivity contribution < 1.29 is 4.74 Å². The molecular weight excluding hydrogens is 382 g/mol. The van der Waals surface area contributed by atoms with Gasteiger partial charge in [-0.2, -0.15) is 0 Å². The molecule has 1 unspecified atom stereocenters. The number of hydrogen-bond acceptors (Lipinski definition) is 3. The van der Waals surface area contributed by atoms with Crippen molar-refractivity contribution in [1.29, 1.82) is 0 Å². The number of imidazole rings is 1. The van der Waals surface area contributed by atoms with Gasteiger partial charge in [0.05, 0.1) is 23.7 Å². The third-order valence-electron chi connectivity index (χ3n) is 7.09. The fraction of sp³-hybridized carbons (Fsp3) is 0.370. The molecule has 2 aliphatic rings. The highest BCUT2D eigenvalue weighted by Crippen LogP contribution is 2.42. The zero-order valence-electron chi connectivity index (χ0n) is 18.8. The third kappa shape index (κ3) is 3.34. The van der Waals surface area contributed by atoms with E-state index in [1.54, 1.807) is 7.11 Å². The van der Waals surface area contributed by atoms with Crippen molar-refractivity contribution in [3.05, 3.63) is 82.8 Å². The standard InChI is InChI=1S/C27H30N3O/c1-18-12-13-24-25(19(18)2)29-26(28-24)27(3)14-7-15-30(27)22-10-5-8-20(16-22)21-9-6-11-23(17-21)31-4/h5-6,9-13,17,20H,7-8,14-15H2,1-4H3,(H,28,29)/t20?,27-/m0/s1. The van der Waals surface area contributed by atoms with Gasteiger partial charge in [0, 0.05) is 18.2 Å². The van der Waals surface area contributed by atoms with Crippen LogP contribution < -0.4 is 4.74 Å². The van der Waals surface area contributed by atoms with Crippen molar-refractivity contribution in [1.82, 2.24) is 14.9 Å². The number of aromatic nitrogens is 2. The molecule has 2 aromatic carbocycles. The van der Waals surface area contributed by atoms with Crippen molar-refractivity contribution in [2.45, 2.75) is 51.5 Å². The van der Waals surface area contributed by atoms with Gasteiger partial charge in [-0.1, -0.05) is 24.3 Å². The molecule has 2 atom stereocenters. The number of hydrogen-bond donors (Lipinski definition) is 1. The van der Waals surface area contributed by atoms with Crippen molar-refractivity contribution >= 4 is 11.0 Å². The van der Waals surface area contributed by atoms with Crippen molar-refractivity contribution in [2.24, 2.45) is 0 Å². The highest BCUT2D eigenvalue weighted by molar-refractivity contribution is 5.80. The first kappa shape index (κ1) is 19.9. The fourth-order valence-corrected chi connectivity index (χ4v) is 5.01. The minimum Gasteiger partial charge on any atom is -0.497 e. The Kier molecular flexibility index (Phi) is 4.88. The van der Waals surface area contributed by atoms with Crippen LogP contribution in [-0.2, 0) is 5.54 Å². The zero-order valence-corrected chi connectivity index (χ0v) is 18.8. The van der Waals surface area contributed by atoms with Gasteiger partial charge in [-0.15, -0.1) is 0 Å². The number of H-pyrrole nitrogens is 1. The van der Waals surface area contributed by atoms with E-state index < -0.39 is 0 Å². The van der Waals surface area contributed by atoms with Gasteiger partial charge in [0.15, 0.2) is 0 Å². The average Bonchev–Trinajstić information content (AvgIpc) is 3.42. The molecule has 0 amide bonds. The van der Waals surface area contributed by atoms with Crippen molar-refractivity contribution in [3.8, 4) is 5.75 Å². The molecule has 2 heterocycles. The van der Waals surface area contributed by atoms with Gasteiger partial charge in [0.25, 0.3) is 0 Å². The fourth-order valence-electron chi connectivity index (χ4n) is 5.01. The Morgan fingerprint density at radius 2 is 2.10 bits per heavy atom. The Bertz CT molecular complexity index is 1190. The first-order chi connectivity index (χ1) is 15.0. The molecule has 1 aliphatic heterocycles. The Balaban J connectivity index is 1.51. The minimum absolute atomic E-state index is 0.164. The summed E-state index contributed by atoms with van der Waals surface area (Å²) in [4.78, 5) is 11.2. The quantitative estimate of drug-likeness (QED) is 0.577. The molecule has 159 valence electrons. The number of rotatable bonds is 4. The summed E-state index contributed by atoms with van der Waals surface area (Å²) in [6.45, 7) is 7.65. The van der Waals surface area contributed by atoms with E-state index in [1.165, 1.54) is 22.4 Å². The van der Waals surface area contributed by atoms with E-state index in [0.717, 1.165) is 48.4 Å². The summed E-state index contributed by atoms with van der Waals surface area (Å²) in [5, 5.41) is 0. The molecule has 4 heteroatoms. The summed E-state index contributed by atoms with van der Waals surface area (Å²) in [6, 6.07) is 12.7. The summed E-state index contributed by atoms with van der Waals surface area (Å²) in [7, 11) is 1.72. The lowest BCUT2D eigenvalue weighted by Gasteiger charge is -2.37. The normalized spacial score (nSPS) is 23.4. The second-order valence-electron chi connectivity index (χ2n) is 9.01. The van der Waals surface area contributed by atoms with Crippen LogP contribution in [0, 0.1) is 19.9 Å². The second-order valence-corrected chi connectivity index (χ2v) is 9.01. The topological polar surface area (TPSA) is 41.1 Å². The number of ether oxygens (including phenoxy) is 1. The maximum atomic E-state index is 5.43. The van der Waals surface area contributed by atoms with E-state index in [0.29, 0.717) is 0 Å². The number of likely N-dealkylation sites (tertiary alicyclic amines) is 1. The predicted octanol–water partition coefficient (Wildman–Crippen LogP) is 5.93. The first-order valence-corrected chi connectivity index (χ1v) is 11.2. The highest BCUT2D eigenvalue weighted by Gasteiger charge is 2.42. The molecule has 31 heavy (non-hydrogen) atoms. The molecule has 4 nitrogen and oxygen atoms in total. The van der Waals surface area contributed by atoms with Gasteiger partial charge in [0.2, 0.25) is 0 Å². The Hall–Kier alpha value is -3.01. The molecule has 1 radical (unpaired) electrons. The largest absolute Gasteiger partial charge is 0.497 e. The maximum absolute atomic E-state index is 5.43. The molecular formula is C27H30N3O. The Morgan fingerprint density at radius 3 is 2.94 bits per heavy atom. The van der Waals surface area contributed by atoms with Crippen LogP contribution in [0.25, 0.3) is 11.0 Å². The number of nitrogens with one attached hydrogen (secondary N) is 1. The number of benzene rings is 2. The number of fused-ring (bicyclic) bond motifs is 1. The first-order valence-electron chi connectivity index (χ1n) is 11.2. The molecule has 5 rings (SSSR count). The zero-order chi connectivity index (χ0) is 21.6. The number of allylic oxidation sites excluding steroid dienone is 3. The van der Waals surface area contributed by atoms with E-state index in [4.69, 9.17) is 9.72 Å². The SMILES string of the molecule is COc1cccc(C2[C]=C(N3CCC[C@@]3(C)c3nc4c(C)c(C)ccc4[nH]3)C=CC2)c1. The lowest BCUT2D eigenvalue weighted by atomic mass is 9.89. The van der Waals surface area contributed by atoms with Gasteiger partial charge in [-0.3, -0.25) is 0 Å². The van der Waals surface area contributed by atoms with Crippen LogP contribution in [0.1, 0.15) is 54.6 Å². The predicted molar refractivity (Wildman–Crippen MR) is 125 cm³/mol. The summed E-state index contributed by atoms with van der Waals surface area (Å²) >= 11 is 0. The molecule has 0 spiro atoms. The van der Waals surface area contributed by atoms with Crippen LogP contribution in [0.5, 0.6) is 5.75 Å². The lowest BCUT2D eigenvalue weighted by molar-refractivity contribution is 0.199. The summed E-state index contributed by atoms with van der Waals surface area (Å²) in [6.07, 6.45) is 11.5. The number of aromatic amines is 1. The van der Waals surface area contributed by atoms with Crippen LogP contribution in [-0.4, -0.2) is 28.5 Å². The maximum Gasteiger partial charge on any atom is 0.132 e. The lowest BCUT2D eigenvalue weighted by Crippen LogP contribution is -2.39. The van der Waals surface area contributed by atoms with Crippen LogP contribution >= 0.6 is 0 Å². The summed E-state index contributed by atoms with van der Waals surface area (Å²) in [5.74, 6) is 2.19. The van der Waals surface area contributed by atoms with Crippen molar-refractivity contribution in [2.75, 3.05) is 13.7 Å². The molecule has 1 fully saturated rings. The molecule has 0 saturated carbocycles. The van der Waals surface area contributed by atoms with Crippen LogP contribution in [0.4, 0.5) is 0 Å². The van der Waals surface area contributed by atoms with Crippen molar-refractivity contribution in [3.63, 3.8) is 0 Å². The smallest absolute Gasteiger partial charge is 0.132 e. The number of methoxy groups -OCH3 is 1. The van der Waals surface area contributed by atoms with Gasteiger partial charge in [0.1, 0.15) is 11.6 Å². The second kappa shape index (κ2) is 7.60. The minimum atomic E-state index is -0.164. The molecule has 1 N–H and O–H groups in total. The molecule has 1 aliphatic carbocycles. The Labute approximate surface area is 184 Å². The molecule has 1 aromatic heterocycles. The summed E-state index contributed by atoms with van der Waals surface area (Å²) in [5.41, 5.74) is 7.01. The number of aryl methyl sites for hydroxylation is 2. The summed E-state index contributed by atoms with van der Waals surface area (Å²) < 4.78 is 5.43. The van der Waals surface area contributed by atoms with E-state index in [-0.39, 0.29) is 11.5 Å². The van der Waals surface area contributed by atoms with Crippen LogP contribution in [0.2, 0.25) is 0 Å². The van der Waals surface area contributed by atoms with Crippen LogP contribution in [0.15, 0.2) is 54.2 Å². The monoisotopic (exact) mass is 412 g/mol. The molecule has 0 bridgehead atoms. The molecule has 1 saturated heterocycles. The van der Waals surface area contributed by atoms with Crippen LogP contribution in [0.3, 0.4) is 0 Å². The molecule has 3 aromatic rings. The van der Waals surface area contributed by atoms with E-state index >= 15 is 0 Å². The van der Waals surface area contributed by atoms with Gasteiger partial charge in [-0.05, 0) is 87.1 Å². The van der Waals surface area contributed by atoms with Gasteiger partial charge >= 0.3 is 0 Å². The van der Waals surface area contributed by atoms with E-state index in [2.05, 4.69) is 79.2 Å².